The molecule has 1 aromatic heterocycles. The van der Waals surface area contributed by atoms with Crippen molar-refractivity contribution in [2.75, 3.05) is 17.7 Å². The molecule has 0 aliphatic heterocycles. The molecule has 3 amide bonds. The predicted molar refractivity (Wildman–Crippen MR) is 177 cm³/mol. The molecule has 0 saturated carbocycles. The van der Waals surface area contributed by atoms with E-state index in [1.54, 1.807) is 67.6 Å². The van der Waals surface area contributed by atoms with Gasteiger partial charge in [-0.05, 0) is 61.0 Å². The van der Waals surface area contributed by atoms with E-state index in [1.807, 2.05) is 36.4 Å². The number of thioether (sulfide) groups is 1. The van der Waals surface area contributed by atoms with Gasteiger partial charge >= 0.3 is 0 Å². The number of hydrogen-bond donors (Lipinski definition) is 4. The number of amides is 3. The number of anilines is 2. The lowest BCUT2D eigenvalue weighted by atomic mass is 10.1. The summed E-state index contributed by atoms with van der Waals surface area (Å²) >= 11 is 1.30. The molecule has 5 aromatic rings. The number of aromatic nitrogens is 1. The Morgan fingerprint density at radius 2 is 1.63 bits per heavy atom. The molecule has 0 fully saturated rings. The van der Waals surface area contributed by atoms with Crippen LogP contribution in [0.2, 0.25) is 0 Å². The van der Waals surface area contributed by atoms with Crippen LogP contribution in [0, 0.1) is 6.92 Å². The quantitative estimate of drug-likeness (QED) is 0.0943. The SMILES string of the molecule is COc1cc(O)ccc1/C=C(/NC(=O)c1ccccc1)C(=O)Nc1cccc(SC(C(=O)Nc2cc(C)on2)c2ccccc2)c1. The van der Waals surface area contributed by atoms with Crippen LogP contribution in [0.5, 0.6) is 11.5 Å². The molecule has 0 spiro atoms. The maximum Gasteiger partial charge on any atom is 0.272 e. The minimum Gasteiger partial charge on any atom is -0.508 e. The van der Waals surface area contributed by atoms with Crippen LogP contribution < -0.4 is 20.7 Å². The zero-order valence-corrected chi connectivity index (χ0v) is 25.7. The van der Waals surface area contributed by atoms with Crippen LogP contribution in [-0.2, 0) is 9.59 Å². The molecule has 0 aliphatic rings. The summed E-state index contributed by atoms with van der Waals surface area (Å²) in [6.07, 6.45) is 1.47. The van der Waals surface area contributed by atoms with E-state index in [-0.39, 0.29) is 17.4 Å². The summed E-state index contributed by atoms with van der Waals surface area (Å²) in [5.41, 5.74) is 1.98. The van der Waals surface area contributed by atoms with Gasteiger partial charge in [0.15, 0.2) is 5.82 Å². The van der Waals surface area contributed by atoms with Crippen LogP contribution in [0.1, 0.15) is 32.5 Å². The van der Waals surface area contributed by atoms with Crippen LogP contribution in [0.15, 0.2) is 124 Å². The van der Waals surface area contributed by atoms with Gasteiger partial charge in [-0.3, -0.25) is 14.4 Å². The molecule has 1 atom stereocenters. The molecule has 10 nitrogen and oxygen atoms in total. The van der Waals surface area contributed by atoms with Gasteiger partial charge in [-0.1, -0.05) is 59.8 Å². The molecule has 0 radical (unpaired) electrons. The number of methoxy groups -OCH3 is 1. The van der Waals surface area contributed by atoms with Crippen molar-refractivity contribution in [3.8, 4) is 11.5 Å². The molecule has 4 N–H and O–H groups in total. The number of nitrogens with zero attached hydrogens (tertiary/aromatic N) is 1. The van der Waals surface area contributed by atoms with Crippen molar-refractivity contribution in [1.29, 1.82) is 0 Å². The Kier molecular flexibility index (Phi) is 10.2. The summed E-state index contributed by atoms with van der Waals surface area (Å²) in [6, 6.07) is 30.9. The van der Waals surface area contributed by atoms with Crippen LogP contribution in [0.4, 0.5) is 11.5 Å². The maximum atomic E-state index is 13.6. The van der Waals surface area contributed by atoms with Gasteiger partial charge in [0.05, 0.1) is 7.11 Å². The molecule has 11 heteroatoms. The van der Waals surface area contributed by atoms with Gasteiger partial charge < -0.3 is 30.3 Å². The van der Waals surface area contributed by atoms with E-state index in [0.29, 0.717) is 39.0 Å². The molecule has 1 heterocycles. The van der Waals surface area contributed by atoms with Gasteiger partial charge in [-0.15, -0.1) is 11.8 Å². The molecule has 1 unspecified atom stereocenters. The largest absolute Gasteiger partial charge is 0.508 e. The Balaban J connectivity index is 1.40. The summed E-state index contributed by atoms with van der Waals surface area (Å²) < 4.78 is 10.5. The minimum atomic E-state index is -0.647. The fourth-order valence-electron chi connectivity index (χ4n) is 4.42. The number of carbonyl (C=O) groups excluding carboxylic acids is 3. The first-order valence-electron chi connectivity index (χ1n) is 14.1. The average Bonchev–Trinajstić information content (AvgIpc) is 3.48. The second kappa shape index (κ2) is 14.8. The van der Waals surface area contributed by atoms with E-state index in [2.05, 4.69) is 21.1 Å². The number of benzene rings is 4. The van der Waals surface area contributed by atoms with E-state index in [1.165, 1.54) is 37.1 Å². The van der Waals surface area contributed by atoms with Crippen LogP contribution in [-0.4, -0.2) is 35.1 Å². The summed E-state index contributed by atoms with van der Waals surface area (Å²) in [4.78, 5) is 40.8. The lowest BCUT2D eigenvalue weighted by Crippen LogP contribution is -2.30. The van der Waals surface area contributed by atoms with Gasteiger partial charge in [-0.25, -0.2) is 0 Å². The van der Waals surface area contributed by atoms with E-state index in [9.17, 15) is 19.5 Å². The number of nitrogens with one attached hydrogen (secondary N) is 3. The van der Waals surface area contributed by atoms with Crippen molar-refractivity contribution in [3.05, 3.63) is 137 Å². The Morgan fingerprint density at radius 1 is 0.891 bits per heavy atom. The number of aryl methyl sites for hydroxylation is 1. The lowest BCUT2D eigenvalue weighted by Gasteiger charge is -2.17. The molecule has 0 bridgehead atoms. The number of ether oxygens (including phenoxy) is 1. The number of carbonyl (C=O) groups is 3. The van der Waals surface area contributed by atoms with Crippen molar-refractivity contribution in [3.63, 3.8) is 0 Å². The molecule has 4 aromatic carbocycles. The summed E-state index contributed by atoms with van der Waals surface area (Å²) in [5, 5.41) is 21.5. The fraction of sp³-hybridized carbons (Fsp3) is 0.0857. The minimum absolute atomic E-state index is 0.0127. The number of phenolic OH excluding ortho intramolecular Hbond substituents is 1. The van der Waals surface area contributed by atoms with Gasteiger partial charge in [0.25, 0.3) is 11.8 Å². The van der Waals surface area contributed by atoms with Gasteiger partial charge in [0.1, 0.15) is 28.2 Å². The molecular weight excluding hydrogens is 604 g/mol. The van der Waals surface area contributed by atoms with E-state index >= 15 is 0 Å². The monoisotopic (exact) mass is 634 g/mol. The first-order chi connectivity index (χ1) is 22.3. The van der Waals surface area contributed by atoms with E-state index in [4.69, 9.17) is 9.26 Å². The topological polar surface area (TPSA) is 143 Å². The number of aromatic hydroxyl groups is 1. The van der Waals surface area contributed by atoms with Crippen LogP contribution in [0.25, 0.3) is 6.08 Å². The normalized spacial score (nSPS) is 11.7. The number of hydrogen-bond acceptors (Lipinski definition) is 8. The zero-order valence-electron chi connectivity index (χ0n) is 24.9. The Bertz CT molecular complexity index is 1870. The zero-order chi connectivity index (χ0) is 32.5. The van der Waals surface area contributed by atoms with Crippen molar-refractivity contribution in [2.24, 2.45) is 0 Å². The van der Waals surface area contributed by atoms with Crippen molar-refractivity contribution >= 4 is 47.1 Å². The highest BCUT2D eigenvalue weighted by Gasteiger charge is 2.24. The molecular formula is C35H30N4O6S. The molecule has 46 heavy (non-hydrogen) atoms. The first-order valence-corrected chi connectivity index (χ1v) is 15.0. The molecule has 232 valence electrons. The third-order valence-corrected chi connectivity index (χ3v) is 7.86. The number of rotatable bonds is 11. The lowest BCUT2D eigenvalue weighted by molar-refractivity contribution is -0.116. The molecule has 0 saturated heterocycles. The Labute approximate surface area is 269 Å². The maximum absolute atomic E-state index is 13.6. The Hall–Kier alpha value is -5.81. The highest BCUT2D eigenvalue weighted by molar-refractivity contribution is 8.00. The van der Waals surface area contributed by atoms with Gasteiger partial charge in [-0.2, -0.15) is 0 Å². The first kappa shape index (κ1) is 31.6. The van der Waals surface area contributed by atoms with Crippen molar-refractivity contribution in [2.45, 2.75) is 17.1 Å². The predicted octanol–water partition coefficient (Wildman–Crippen LogP) is 6.58. The molecule has 5 rings (SSSR count). The second-order valence-electron chi connectivity index (χ2n) is 10.0. The fourth-order valence-corrected chi connectivity index (χ4v) is 5.50. The smallest absolute Gasteiger partial charge is 0.272 e. The summed E-state index contributed by atoms with van der Waals surface area (Å²) in [5.74, 6) is -0.198. The third-order valence-electron chi connectivity index (χ3n) is 6.61. The average molecular weight is 635 g/mol. The van der Waals surface area contributed by atoms with Crippen molar-refractivity contribution < 1.29 is 28.8 Å². The van der Waals surface area contributed by atoms with Gasteiger partial charge in [0.2, 0.25) is 5.91 Å². The second-order valence-corrected chi connectivity index (χ2v) is 11.2. The molecule has 0 aliphatic carbocycles. The van der Waals surface area contributed by atoms with Crippen LogP contribution in [0.3, 0.4) is 0 Å². The van der Waals surface area contributed by atoms with Gasteiger partial charge in [0, 0.05) is 33.8 Å². The Morgan fingerprint density at radius 3 is 2.33 bits per heavy atom. The standard InChI is InChI=1S/C35H30N4O6S/c1-22-18-31(39-45-22)38-35(43)32(23-10-5-3-6-11-23)46-28-15-9-14-26(20-28)36-34(42)29(37-33(41)24-12-7-4-8-13-24)19-25-16-17-27(40)21-30(25)44-2/h3-21,32,40H,1-2H3,(H,36,42)(H,37,41)(H,38,39,43)/b29-19+. The summed E-state index contributed by atoms with van der Waals surface area (Å²) in [7, 11) is 1.44. The summed E-state index contributed by atoms with van der Waals surface area (Å²) in [6.45, 7) is 1.74. The highest BCUT2D eigenvalue weighted by Crippen LogP contribution is 2.37. The van der Waals surface area contributed by atoms with Crippen molar-refractivity contribution in [1.82, 2.24) is 10.5 Å². The van der Waals surface area contributed by atoms with E-state index in [0.717, 1.165) is 5.56 Å². The third kappa shape index (κ3) is 8.21. The van der Waals surface area contributed by atoms with Crippen LogP contribution >= 0.6 is 11.8 Å². The van der Waals surface area contributed by atoms with E-state index < -0.39 is 17.1 Å². The highest BCUT2D eigenvalue weighted by atomic mass is 32.2. The number of phenols is 1.